The molecular weight excluding hydrogens is 370 g/mol. The summed E-state index contributed by atoms with van der Waals surface area (Å²) in [5.41, 5.74) is 7.81. The van der Waals surface area contributed by atoms with Crippen LogP contribution in [0.4, 0.5) is 9.59 Å². The van der Waals surface area contributed by atoms with Crippen molar-refractivity contribution in [2.24, 2.45) is 5.73 Å². The van der Waals surface area contributed by atoms with Gasteiger partial charge in [0.1, 0.15) is 13.2 Å². The van der Waals surface area contributed by atoms with Crippen LogP contribution in [0.15, 0.2) is 60.7 Å². The Morgan fingerprint density at radius 1 is 0.897 bits per heavy atom. The first-order chi connectivity index (χ1) is 14.0. The summed E-state index contributed by atoms with van der Waals surface area (Å²) in [6.45, 7) is 2.68. The highest BCUT2D eigenvalue weighted by Gasteiger charge is 2.17. The fourth-order valence-electron chi connectivity index (χ4n) is 2.67. The molecular formula is C22H29N3O4. The molecule has 0 aliphatic heterocycles. The third kappa shape index (κ3) is 9.12. The van der Waals surface area contributed by atoms with E-state index >= 15 is 0 Å². The van der Waals surface area contributed by atoms with Crippen LogP contribution in [0.25, 0.3) is 0 Å². The first-order valence-corrected chi connectivity index (χ1v) is 9.72. The number of benzene rings is 2. The number of carbonyl (C=O) groups is 2. The average molecular weight is 399 g/mol. The van der Waals surface area contributed by atoms with Crippen LogP contribution in [-0.2, 0) is 22.7 Å². The van der Waals surface area contributed by atoms with Crippen LogP contribution in [-0.4, -0.2) is 30.8 Å². The Balaban J connectivity index is 1.62. The fraction of sp³-hybridized carbons (Fsp3) is 0.364. The number of amides is 2. The topological polar surface area (TPSA) is 103 Å². The number of ether oxygens (including phenoxy) is 2. The summed E-state index contributed by atoms with van der Waals surface area (Å²) >= 11 is 0. The molecule has 2 aromatic carbocycles. The van der Waals surface area contributed by atoms with E-state index in [2.05, 4.69) is 10.6 Å². The molecule has 29 heavy (non-hydrogen) atoms. The lowest BCUT2D eigenvalue weighted by molar-refractivity contribution is 0.132. The first kappa shape index (κ1) is 22.2. The molecule has 7 heteroatoms. The highest BCUT2D eigenvalue weighted by atomic mass is 16.6. The van der Waals surface area contributed by atoms with E-state index in [0.29, 0.717) is 19.4 Å². The molecule has 4 N–H and O–H groups in total. The molecule has 2 rings (SSSR count). The second-order valence-electron chi connectivity index (χ2n) is 6.80. The Bertz CT molecular complexity index is 738. The van der Waals surface area contributed by atoms with Crippen molar-refractivity contribution < 1.29 is 19.1 Å². The molecule has 0 heterocycles. The zero-order chi connectivity index (χ0) is 20.9. The largest absolute Gasteiger partial charge is 0.445 e. The van der Waals surface area contributed by atoms with E-state index in [1.165, 1.54) is 0 Å². The van der Waals surface area contributed by atoms with Gasteiger partial charge >= 0.3 is 12.2 Å². The number of carbonyl (C=O) groups excluding carboxylic acids is 2. The van der Waals surface area contributed by atoms with Crippen molar-refractivity contribution in [3.05, 3.63) is 71.8 Å². The zero-order valence-corrected chi connectivity index (χ0v) is 16.7. The third-order valence-corrected chi connectivity index (χ3v) is 4.32. The van der Waals surface area contributed by atoms with Gasteiger partial charge in [-0.2, -0.15) is 0 Å². The van der Waals surface area contributed by atoms with Crippen molar-refractivity contribution in [2.45, 2.75) is 45.1 Å². The van der Waals surface area contributed by atoms with E-state index in [1.807, 2.05) is 67.6 Å². The van der Waals surface area contributed by atoms with Crippen LogP contribution in [0.2, 0.25) is 0 Å². The molecule has 1 unspecified atom stereocenters. The van der Waals surface area contributed by atoms with Crippen LogP contribution in [0, 0.1) is 0 Å². The van der Waals surface area contributed by atoms with E-state index in [1.54, 1.807) is 0 Å². The van der Waals surface area contributed by atoms with Gasteiger partial charge in [-0.1, -0.05) is 60.7 Å². The summed E-state index contributed by atoms with van der Waals surface area (Å²) in [4.78, 5) is 23.8. The number of rotatable bonds is 10. The molecule has 0 saturated carbocycles. The van der Waals surface area contributed by atoms with Crippen molar-refractivity contribution in [1.29, 1.82) is 0 Å². The van der Waals surface area contributed by atoms with Gasteiger partial charge in [0.15, 0.2) is 0 Å². The van der Waals surface area contributed by atoms with Crippen molar-refractivity contribution in [3.63, 3.8) is 0 Å². The quantitative estimate of drug-likeness (QED) is 0.532. The maximum atomic E-state index is 12.0. The maximum absolute atomic E-state index is 12.0. The molecule has 156 valence electrons. The molecule has 0 spiro atoms. The highest BCUT2D eigenvalue weighted by Crippen LogP contribution is 2.05. The van der Waals surface area contributed by atoms with E-state index in [4.69, 9.17) is 15.2 Å². The summed E-state index contributed by atoms with van der Waals surface area (Å²) in [6.07, 6.45) is 0.274. The molecule has 0 bridgehead atoms. The van der Waals surface area contributed by atoms with E-state index in [0.717, 1.165) is 11.1 Å². The van der Waals surface area contributed by atoms with E-state index in [9.17, 15) is 9.59 Å². The van der Waals surface area contributed by atoms with Gasteiger partial charge in [0.2, 0.25) is 0 Å². The van der Waals surface area contributed by atoms with Gasteiger partial charge in [0.25, 0.3) is 0 Å². The van der Waals surface area contributed by atoms with Crippen molar-refractivity contribution in [1.82, 2.24) is 10.6 Å². The minimum absolute atomic E-state index is 0.202. The minimum Gasteiger partial charge on any atom is -0.445 e. The first-order valence-electron chi connectivity index (χ1n) is 9.72. The Morgan fingerprint density at radius 2 is 1.41 bits per heavy atom. The van der Waals surface area contributed by atoms with E-state index in [-0.39, 0.29) is 25.3 Å². The van der Waals surface area contributed by atoms with Gasteiger partial charge in [-0.25, -0.2) is 9.59 Å². The lowest BCUT2D eigenvalue weighted by atomic mass is 10.1. The predicted molar refractivity (Wildman–Crippen MR) is 111 cm³/mol. The Labute approximate surface area is 171 Å². The number of nitrogens with one attached hydrogen (secondary N) is 2. The van der Waals surface area contributed by atoms with Gasteiger partial charge < -0.3 is 25.8 Å². The second kappa shape index (κ2) is 12.4. The van der Waals surface area contributed by atoms with Gasteiger partial charge in [-0.05, 0) is 30.9 Å². The molecule has 2 atom stereocenters. The zero-order valence-electron chi connectivity index (χ0n) is 16.7. The monoisotopic (exact) mass is 399 g/mol. The highest BCUT2D eigenvalue weighted by molar-refractivity contribution is 5.68. The summed E-state index contributed by atoms with van der Waals surface area (Å²) < 4.78 is 10.4. The molecule has 0 saturated heterocycles. The lowest BCUT2D eigenvalue weighted by Crippen LogP contribution is -2.46. The van der Waals surface area contributed by atoms with Crippen LogP contribution >= 0.6 is 0 Å². The minimum atomic E-state index is -0.508. The molecule has 2 aromatic rings. The lowest BCUT2D eigenvalue weighted by Gasteiger charge is -2.22. The van der Waals surface area contributed by atoms with E-state index < -0.39 is 12.2 Å². The summed E-state index contributed by atoms with van der Waals surface area (Å²) in [6, 6.07) is 18.4. The number of hydrogen-bond donors (Lipinski definition) is 3. The molecule has 0 aliphatic rings. The van der Waals surface area contributed by atoms with Crippen molar-refractivity contribution in [3.8, 4) is 0 Å². The molecule has 7 nitrogen and oxygen atoms in total. The number of alkyl carbamates (subject to hydrolysis) is 2. The SMILES string of the molecule is CC(N)[C@H](CCCNC(=O)OCc1ccccc1)NC(=O)OCc1ccccc1. The van der Waals surface area contributed by atoms with Crippen LogP contribution in [0.3, 0.4) is 0 Å². The molecule has 0 aliphatic carbocycles. The number of nitrogens with two attached hydrogens (primary N) is 1. The van der Waals surface area contributed by atoms with Gasteiger partial charge in [-0.15, -0.1) is 0 Å². The van der Waals surface area contributed by atoms with Crippen LogP contribution in [0.1, 0.15) is 30.9 Å². The standard InChI is InChI=1S/C22H29N3O4/c1-17(23)20(25-22(27)29-16-19-11-6-3-7-12-19)13-8-14-24-21(26)28-15-18-9-4-2-5-10-18/h2-7,9-12,17,20H,8,13-16,23H2,1H3,(H,24,26)(H,25,27)/t17?,20-/m0/s1. The molecule has 0 radical (unpaired) electrons. The Kier molecular flexibility index (Phi) is 9.51. The molecule has 0 fully saturated rings. The molecule has 0 aromatic heterocycles. The van der Waals surface area contributed by atoms with Crippen molar-refractivity contribution >= 4 is 12.2 Å². The predicted octanol–water partition coefficient (Wildman–Crippen LogP) is 3.34. The van der Waals surface area contributed by atoms with Gasteiger partial charge in [-0.3, -0.25) is 0 Å². The maximum Gasteiger partial charge on any atom is 0.407 e. The van der Waals surface area contributed by atoms with Crippen LogP contribution in [0.5, 0.6) is 0 Å². The summed E-state index contributed by atoms with van der Waals surface area (Å²) in [5.74, 6) is 0. The van der Waals surface area contributed by atoms with Crippen molar-refractivity contribution in [2.75, 3.05) is 6.54 Å². The normalized spacial score (nSPS) is 12.5. The van der Waals surface area contributed by atoms with Gasteiger partial charge in [0, 0.05) is 18.6 Å². The Morgan fingerprint density at radius 3 is 1.93 bits per heavy atom. The summed E-state index contributed by atoms with van der Waals surface area (Å²) in [7, 11) is 0. The fourth-order valence-corrected chi connectivity index (χ4v) is 2.67. The summed E-state index contributed by atoms with van der Waals surface area (Å²) in [5, 5.41) is 5.49. The Hall–Kier alpha value is -3.06. The second-order valence-corrected chi connectivity index (χ2v) is 6.80. The smallest absolute Gasteiger partial charge is 0.407 e. The van der Waals surface area contributed by atoms with Gasteiger partial charge in [0.05, 0.1) is 0 Å². The average Bonchev–Trinajstić information content (AvgIpc) is 2.74. The number of hydrogen-bond acceptors (Lipinski definition) is 5. The third-order valence-electron chi connectivity index (χ3n) is 4.32. The van der Waals surface area contributed by atoms with Crippen LogP contribution < -0.4 is 16.4 Å². The molecule has 2 amide bonds.